The van der Waals surface area contributed by atoms with Crippen LogP contribution in [0, 0.1) is 0 Å². The number of hydrogen-bond donors (Lipinski definition) is 0. The lowest BCUT2D eigenvalue weighted by Crippen LogP contribution is -2.24. The molecule has 0 spiro atoms. The lowest BCUT2D eigenvalue weighted by atomic mass is 10.2. The van der Waals surface area contributed by atoms with E-state index in [-0.39, 0.29) is 12.2 Å². The van der Waals surface area contributed by atoms with E-state index in [0.717, 1.165) is 16.6 Å². The van der Waals surface area contributed by atoms with E-state index < -0.39 is 0 Å². The number of cyclic esters (lactones) is 1. The first kappa shape index (κ1) is 19.3. The fraction of sp³-hybridized carbons (Fsp3) is 0.533. The molecule has 1 saturated heterocycles. The lowest BCUT2D eigenvalue weighted by Gasteiger charge is -2.13. The van der Waals surface area contributed by atoms with Crippen molar-refractivity contribution in [2.75, 3.05) is 11.4 Å². The molecule has 1 aromatic carbocycles. The maximum absolute atomic E-state index is 11.6. The van der Waals surface area contributed by atoms with Crippen molar-refractivity contribution in [3.8, 4) is 0 Å². The average Bonchev–Trinajstić information content (AvgIpc) is 2.87. The number of nitrogens with zero attached hydrogens (tertiary/aromatic N) is 1. The normalized spacial score (nSPS) is 16.6. The van der Waals surface area contributed by atoms with Crippen LogP contribution in [0.4, 0.5) is 10.5 Å². The molecule has 1 aliphatic rings. The highest BCUT2D eigenvalue weighted by Crippen LogP contribution is 2.30. The Labute approximate surface area is 135 Å². The monoisotopic (exact) mass is 363 g/mol. The molecule has 0 radical (unpaired) electrons. The van der Waals surface area contributed by atoms with Crippen LogP contribution in [0.3, 0.4) is 0 Å². The number of amides is 1. The maximum atomic E-state index is 11.6. The molecule has 1 aromatic rings. The van der Waals surface area contributed by atoms with E-state index in [2.05, 4.69) is 15.9 Å². The molecule has 114 valence electrons. The number of benzene rings is 1. The van der Waals surface area contributed by atoms with Crippen LogP contribution in [0.2, 0.25) is 5.02 Å². The van der Waals surface area contributed by atoms with Gasteiger partial charge in [0.25, 0.3) is 0 Å². The largest absolute Gasteiger partial charge is 0.444 e. The van der Waals surface area contributed by atoms with Crippen LogP contribution in [0.1, 0.15) is 41.0 Å². The van der Waals surface area contributed by atoms with Gasteiger partial charge in [-0.05, 0) is 40.5 Å². The number of halogens is 2. The van der Waals surface area contributed by atoms with E-state index in [1.807, 2.05) is 46.8 Å². The zero-order valence-electron chi connectivity index (χ0n) is 12.7. The van der Waals surface area contributed by atoms with Crippen molar-refractivity contribution in [1.82, 2.24) is 0 Å². The van der Waals surface area contributed by atoms with Gasteiger partial charge in [0.05, 0.1) is 11.6 Å². The summed E-state index contributed by atoms with van der Waals surface area (Å²) in [5, 5.41) is 0.588. The minimum absolute atomic E-state index is 0.0186. The van der Waals surface area contributed by atoms with Gasteiger partial charge in [-0.25, -0.2) is 4.79 Å². The van der Waals surface area contributed by atoms with E-state index >= 15 is 0 Å². The minimum atomic E-state index is -0.301. The molecule has 1 heterocycles. The summed E-state index contributed by atoms with van der Waals surface area (Å²) in [4.78, 5) is 13.2. The Morgan fingerprint density at radius 1 is 1.35 bits per heavy atom. The Hall–Kier alpha value is -0.740. The maximum Gasteiger partial charge on any atom is 0.414 e. The SMILES string of the molecule is CC.CC.CCC1CN(c2ccc(Br)c(Cl)c2)C(=O)O1. The first-order valence-electron chi connectivity index (χ1n) is 7.05. The van der Waals surface area contributed by atoms with Crippen LogP contribution in [0.5, 0.6) is 0 Å². The van der Waals surface area contributed by atoms with Crippen molar-refractivity contribution < 1.29 is 9.53 Å². The zero-order chi connectivity index (χ0) is 15.7. The summed E-state index contributed by atoms with van der Waals surface area (Å²) in [5.74, 6) is 0. The van der Waals surface area contributed by atoms with Gasteiger partial charge < -0.3 is 4.74 Å². The highest BCUT2D eigenvalue weighted by atomic mass is 79.9. The van der Waals surface area contributed by atoms with Gasteiger partial charge in [0.1, 0.15) is 6.10 Å². The molecular weight excluding hydrogens is 342 g/mol. The molecule has 0 N–H and O–H groups in total. The molecule has 20 heavy (non-hydrogen) atoms. The van der Waals surface area contributed by atoms with Crippen molar-refractivity contribution in [1.29, 1.82) is 0 Å². The molecule has 5 heteroatoms. The van der Waals surface area contributed by atoms with Crippen molar-refractivity contribution in [2.45, 2.75) is 47.1 Å². The molecule has 1 aliphatic heterocycles. The lowest BCUT2D eigenvalue weighted by molar-refractivity contribution is 0.139. The summed E-state index contributed by atoms with van der Waals surface area (Å²) in [5.41, 5.74) is 0.772. The Balaban J connectivity index is 0.000000829. The molecule has 2 rings (SSSR count). The molecule has 1 unspecified atom stereocenters. The van der Waals surface area contributed by atoms with Crippen LogP contribution < -0.4 is 4.90 Å². The third-order valence-corrected chi connectivity index (χ3v) is 3.78. The predicted octanol–water partition coefficient (Wildman–Crippen LogP) is 5.89. The average molecular weight is 365 g/mol. The van der Waals surface area contributed by atoms with Gasteiger partial charge in [-0.1, -0.05) is 46.2 Å². The summed E-state index contributed by atoms with van der Waals surface area (Å²) >= 11 is 9.30. The standard InChI is InChI=1S/C11H11BrClNO2.2C2H6/c1-2-8-6-14(11(15)16-8)7-3-4-9(12)10(13)5-7;2*1-2/h3-5,8H,2,6H2,1H3;2*1-2H3. The minimum Gasteiger partial charge on any atom is -0.444 e. The summed E-state index contributed by atoms with van der Waals surface area (Å²) in [6, 6.07) is 5.42. The Morgan fingerprint density at radius 2 is 1.95 bits per heavy atom. The van der Waals surface area contributed by atoms with Gasteiger partial charge in [0.15, 0.2) is 0 Å². The highest BCUT2D eigenvalue weighted by Gasteiger charge is 2.31. The zero-order valence-corrected chi connectivity index (χ0v) is 15.1. The molecule has 1 atom stereocenters. The van der Waals surface area contributed by atoms with Crippen LogP contribution in [-0.2, 0) is 4.74 Å². The number of carbonyl (C=O) groups excluding carboxylic acids is 1. The van der Waals surface area contributed by atoms with Crippen LogP contribution in [0.15, 0.2) is 22.7 Å². The Morgan fingerprint density at radius 3 is 2.40 bits per heavy atom. The van der Waals surface area contributed by atoms with E-state index in [4.69, 9.17) is 16.3 Å². The van der Waals surface area contributed by atoms with Crippen molar-refractivity contribution >= 4 is 39.3 Å². The summed E-state index contributed by atoms with van der Waals surface area (Å²) in [6.45, 7) is 10.6. The molecule has 0 bridgehead atoms. The van der Waals surface area contributed by atoms with Gasteiger partial charge in [-0.15, -0.1) is 0 Å². The highest BCUT2D eigenvalue weighted by molar-refractivity contribution is 9.10. The molecule has 3 nitrogen and oxygen atoms in total. The van der Waals surface area contributed by atoms with Crippen molar-refractivity contribution in [3.63, 3.8) is 0 Å². The Kier molecular flexibility index (Phi) is 9.68. The molecule has 1 amide bonds. The van der Waals surface area contributed by atoms with Gasteiger partial charge in [-0.2, -0.15) is 0 Å². The molecule has 1 fully saturated rings. The predicted molar refractivity (Wildman–Crippen MR) is 89.8 cm³/mol. The molecular formula is C15H23BrClNO2. The summed E-state index contributed by atoms with van der Waals surface area (Å²) in [6.07, 6.45) is 0.507. The van der Waals surface area contributed by atoms with Gasteiger partial charge in [0.2, 0.25) is 0 Å². The van der Waals surface area contributed by atoms with Gasteiger partial charge in [-0.3, -0.25) is 4.90 Å². The second-order valence-electron chi connectivity index (χ2n) is 3.62. The fourth-order valence-electron chi connectivity index (χ4n) is 1.60. The number of ether oxygens (including phenoxy) is 1. The number of hydrogen-bond acceptors (Lipinski definition) is 2. The fourth-order valence-corrected chi connectivity index (χ4v) is 2.02. The van der Waals surface area contributed by atoms with Crippen LogP contribution in [-0.4, -0.2) is 18.7 Å². The smallest absolute Gasteiger partial charge is 0.414 e. The Bertz CT molecular complexity index is 426. The number of rotatable bonds is 2. The summed E-state index contributed by atoms with van der Waals surface area (Å²) in [7, 11) is 0. The van der Waals surface area contributed by atoms with Crippen molar-refractivity contribution in [2.24, 2.45) is 0 Å². The van der Waals surface area contributed by atoms with Crippen molar-refractivity contribution in [3.05, 3.63) is 27.7 Å². The topological polar surface area (TPSA) is 29.5 Å². The van der Waals surface area contributed by atoms with Gasteiger partial charge in [0, 0.05) is 10.2 Å². The van der Waals surface area contributed by atoms with E-state index in [0.29, 0.717) is 11.6 Å². The van der Waals surface area contributed by atoms with E-state index in [1.165, 1.54) is 0 Å². The first-order valence-corrected chi connectivity index (χ1v) is 8.22. The third kappa shape index (κ3) is 4.98. The summed E-state index contributed by atoms with van der Waals surface area (Å²) < 4.78 is 6.00. The third-order valence-electron chi connectivity index (χ3n) is 2.54. The number of anilines is 1. The second-order valence-corrected chi connectivity index (χ2v) is 4.88. The first-order chi connectivity index (χ1) is 9.61. The van der Waals surface area contributed by atoms with Crippen LogP contribution in [0.25, 0.3) is 0 Å². The molecule has 0 aliphatic carbocycles. The molecule has 0 saturated carbocycles. The molecule has 0 aromatic heterocycles. The van der Waals surface area contributed by atoms with E-state index in [9.17, 15) is 4.79 Å². The van der Waals surface area contributed by atoms with Crippen LogP contribution >= 0.6 is 27.5 Å². The second kappa shape index (κ2) is 10.1. The quantitative estimate of drug-likeness (QED) is 0.654. The van der Waals surface area contributed by atoms with E-state index in [1.54, 1.807) is 11.0 Å². The van der Waals surface area contributed by atoms with Gasteiger partial charge >= 0.3 is 6.09 Å². The number of carbonyl (C=O) groups is 1.